The van der Waals surface area contributed by atoms with Crippen molar-refractivity contribution in [3.05, 3.63) is 29.8 Å². The predicted molar refractivity (Wildman–Crippen MR) is 64.2 cm³/mol. The van der Waals surface area contributed by atoms with E-state index in [0.717, 1.165) is 10.9 Å². The summed E-state index contributed by atoms with van der Waals surface area (Å²) in [7, 11) is -4.16. The van der Waals surface area contributed by atoms with Crippen LogP contribution in [0.15, 0.2) is 29.2 Å². The quantitative estimate of drug-likeness (QED) is 0.707. The van der Waals surface area contributed by atoms with Crippen LogP contribution in [0.5, 0.6) is 0 Å². The third-order valence-corrected chi connectivity index (χ3v) is 3.38. The highest BCUT2D eigenvalue weighted by Gasteiger charge is 2.39. The van der Waals surface area contributed by atoms with Crippen molar-refractivity contribution >= 4 is 22.0 Å². The summed E-state index contributed by atoms with van der Waals surface area (Å²) in [5, 5.41) is 0.912. The van der Waals surface area contributed by atoms with E-state index in [2.05, 4.69) is 0 Å². The fourth-order valence-corrected chi connectivity index (χ4v) is 1.93. The van der Waals surface area contributed by atoms with Crippen LogP contribution in [0.3, 0.4) is 0 Å². The van der Waals surface area contributed by atoms with E-state index in [-0.39, 0.29) is 4.90 Å². The van der Waals surface area contributed by atoms with Crippen molar-refractivity contribution in [2.75, 3.05) is 0 Å². The number of sulfonamides is 1. The van der Waals surface area contributed by atoms with Crippen molar-refractivity contribution in [2.24, 2.45) is 0 Å². The second-order valence-electron chi connectivity index (χ2n) is 3.82. The second kappa shape index (κ2) is 6.10. The van der Waals surface area contributed by atoms with Gasteiger partial charge < -0.3 is 0 Å². The Hall–Kier alpha value is -2.14. The molecule has 0 unspecified atom stereocenters. The minimum Gasteiger partial charge on any atom is -0.269 e. The molecule has 11 heteroatoms. The van der Waals surface area contributed by atoms with Crippen LogP contribution in [-0.4, -0.2) is 26.5 Å². The van der Waals surface area contributed by atoms with Gasteiger partial charge >= 0.3 is 18.1 Å². The molecule has 3 N–H and O–H groups in total. The first-order valence-corrected chi connectivity index (χ1v) is 6.77. The lowest BCUT2D eigenvalue weighted by molar-refractivity contribution is -0.172. The van der Waals surface area contributed by atoms with E-state index in [1.807, 2.05) is 0 Å². The zero-order valence-corrected chi connectivity index (χ0v) is 11.3. The molecule has 1 rings (SSSR count). The van der Waals surface area contributed by atoms with Crippen LogP contribution in [0.2, 0.25) is 0 Å². The van der Waals surface area contributed by atoms with Crippen molar-refractivity contribution in [3.8, 4) is 0 Å². The highest BCUT2D eigenvalue weighted by atomic mass is 32.2. The minimum absolute atomic E-state index is 0.212. The topological polar surface area (TPSA) is 104 Å². The molecule has 0 spiro atoms. The van der Waals surface area contributed by atoms with Gasteiger partial charge in [0, 0.05) is 0 Å². The van der Waals surface area contributed by atoms with E-state index in [4.69, 9.17) is 0 Å². The average molecular weight is 325 g/mol. The summed E-state index contributed by atoms with van der Waals surface area (Å²) in [5.41, 5.74) is 2.22. The van der Waals surface area contributed by atoms with Gasteiger partial charge in [0.1, 0.15) is 0 Å². The zero-order valence-electron chi connectivity index (χ0n) is 10.5. The SMILES string of the molecule is Cc1ccc(S(=O)(=O)NNC(=O)NC(=O)C(F)(F)F)cc1. The maximum atomic E-state index is 11.9. The van der Waals surface area contributed by atoms with Crippen LogP contribution in [0, 0.1) is 6.92 Å². The van der Waals surface area contributed by atoms with Crippen molar-refractivity contribution < 1.29 is 31.2 Å². The Morgan fingerprint density at radius 1 is 1.10 bits per heavy atom. The van der Waals surface area contributed by atoms with Gasteiger partial charge in [-0.3, -0.25) is 15.5 Å². The van der Waals surface area contributed by atoms with Gasteiger partial charge in [0.2, 0.25) is 0 Å². The summed E-state index contributed by atoms with van der Waals surface area (Å²) in [6, 6.07) is 3.79. The molecule has 1 aromatic carbocycles. The molecule has 21 heavy (non-hydrogen) atoms. The largest absolute Gasteiger partial charge is 0.471 e. The molecule has 0 atom stereocenters. The summed E-state index contributed by atoms with van der Waals surface area (Å²) >= 11 is 0. The first-order valence-electron chi connectivity index (χ1n) is 5.29. The number of urea groups is 1. The monoisotopic (exact) mass is 325 g/mol. The van der Waals surface area contributed by atoms with Crippen LogP contribution in [0.4, 0.5) is 18.0 Å². The Morgan fingerprint density at radius 3 is 2.10 bits per heavy atom. The molecule has 1 aromatic rings. The molecule has 0 fully saturated rings. The molecular weight excluding hydrogens is 315 g/mol. The number of imide groups is 1. The summed E-state index contributed by atoms with van der Waals surface area (Å²) in [5.74, 6) is -2.52. The van der Waals surface area contributed by atoms with Crippen LogP contribution >= 0.6 is 0 Å². The molecule has 0 aliphatic carbocycles. The number of hydrogen-bond acceptors (Lipinski definition) is 4. The lowest BCUT2D eigenvalue weighted by atomic mass is 10.2. The highest BCUT2D eigenvalue weighted by Crippen LogP contribution is 2.13. The van der Waals surface area contributed by atoms with E-state index in [9.17, 15) is 31.2 Å². The van der Waals surface area contributed by atoms with E-state index in [0.29, 0.717) is 0 Å². The van der Waals surface area contributed by atoms with E-state index in [1.54, 1.807) is 11.8 Å². The first-order chi connectivity index (χ1) is 9.52. The standard InChI is InChI=1S/C10H10F3N3O4S/c1-6-2-4-7(5-3-6)21(19,20)16-15-9(18)14-8(17)10(11,12)13/h2-5,16H,1H3,(H2,14,15,17,18). The first kappa shape index (κ1) is 16.9. The highest BCUT2D eigenvalue weighted by molar-refractivity contribution is 7.89. The van der Waals surface area contributed by atoms with Crippen LogP contribution < -0.4 is 15.6 Å². The number of nitrogens with one attached hydrogen (secondary N) is 3. The second-order valence-corrected chi connectivity index (χ2v) is 5.51. The van der Waals surface area contributed by atoms with E-state index < -0.39 is 28.1 Å². The number of benzene rings is 1. The van der Waals surface area contributed by atoms with Crippen molar-refractivity contribution in [3.63, 3.8) is 0 Å². The molecule has 7 nitrogen and oxygen atoms in total. The number of aryl methyl sites for hydroxylation is 1. The molecule has 0 saturated carbocycles. The van der Waals surface area contributed by atoms with Gasteiger partial charge in [-0.25, -0.2) is 13.2 Å². The summed E-state index contributed by atoms with van der Waals surface area (Å²) in [6.45, 7) is 1.72. The summed E-state index contributed by atoms with van der Waals surface area (Å²) in [4.78, 5) is 22.7. The van der Waals surface area contributed by atoms with Crippen molar-refractivity contribution in [1.82, 2.24) is 15.6 Å². The predicted octanol–water partition coefficient (Wildman–Crippen LogP) is 0.576. The molecule has 3 amide bonds. The molecule has 0 saturated heterocycles. The van der Waals surface area contributed by atoms with Crippen LogP contribution in [0.1, 0.15) is 5.56 Å². The van der Waals surface area contributed by atoms with E-state index in [1.165, 1.54) is 29.7 Å². The Labute approximate surface area is 117 Å². The Balaban J connectivity index is 2.64. The Kier molecular flexibility index (Phi) is 4.91. The van der Waals surface area contributed by atoms with Gasteiger partial charge in [-0.05, 0) is 19.1 Å². The van der Waals surface area contributed by atoms with Gasteiger partial charge in [0.15, 0.2) is 0 Å². The molecule has 116 valence electrons. The Morgan fingerprint density at radius 2 is 1.62 bits per heavy atom. The number of carbonyl (C=O) groups is 2. The molecule has 0 aliphatic rings. The maximum absolute atomic E-state index is 11.9. The van der Waals surface area contributed by atoms with Crippen LogP contribution in [0.25, 0.3) is 0 Å². The molecular formula is C10H10F3N3O4S. The van der Waals surface area contributed by atoms with E-state index >= 15 is 0 Å². The Bertz CT molecular complexity index is 641. The molecule has 0 aromatic heterocycles. The fourth-order valence-electron chi connectivity index (χ4n) is 1.10. The smallest absolute Gasteiger partial charge is 0.269 e. The molecule has 0 bridgehead atoms. The number of hydrogen-bond donors (Lipinski definition) is 3. The molecule has 0 heterocycles. The van der Waals surface area contributed by atoms with Gasteiger partial charge in [0.05, 0.1) is 4.90 Å². The van der Waals surface area contributed by atoms with Gasteiger partial charge in [-0.1, -0.05) is 17.7 Å². The zero-order chi connectivity index (χ0) is 16.3. The van der Waals surface area contributed by atoms with Crippen molar-refractivity contribution in [2.45, 2.75) is 18.0 Å². The average Bonchev–Trinajstić information content (AvgIpc) is 2.36. The number of rotatable bonds is 3. The van der Waals surface area contributed by atoms with Crippen molar-refractivity contribution in [1.29, 1.82) is 0 Å². The minimum atomic E-state index is -5.26. The number of alkyl halides is 3. The lowest BCUT2D eigenvalue weighted by Crippen LogP contribution is -2.51. The van der Waals surface area contributed by atoms with Gasteiger partial charge in [-0.2, -0.15) is 13.2 Å². The summed E-state index contributed by atoms with van der Waals surface area (Å²) in [6.07, 6.45) is -5.26. The van der Waals surface area contributed by atoms with Gasteiger partial charge in [-0.15, -0.1) is 4.83 Å². The third kappa shape index (κ3) is 5.04. The number of carbonyl (C=O) groups excluding carboxylic acids is 2. The molecule has 0 aliphatic heterocycles. The number of halogens is 3. The fraction of sp³-hybridized carbons (Fsp3) is 0.200. The van der Waals surface area contributed by atoms with Gasteiger partial charge in [0.25, 0.3) is 10.0 Å². The maximum Gasteiger partial charge on any atom is 0.471 e. The summed E-state index contributed by atoms with van der Waals surface area (Å²) < 4.78 is 58.9. The number of amides is 3. The molecule has 0 radical (unpaired) electrons. The third-order valence-electron chi connectivity index (χ3n) is 2.11. The number of hydrazine groups is 1. The normalized spacial score (nSPS) is 11.8. The lowest BCUT2D eigenvalue weighted by Gasteiger charge is -2.10. The van der Waals surface area contributed by atoms with Crippen LogP contribution in [-0.2, 0) is 14.8 Å².